The van der Waals surface area contributed by atoms with E-state index in [2.05, 4.69) is 15.2 Å². The molecular formula is C17H13ClN4OS. The monoisotopic (exact) mass is 356 g/mol. The molecule has 4 rings (SSSR count). The molecule has 0 saturated carbocycles. The Hall–Kier alpha value is -2.31. The van der Waals surface area contributed by atoms with Crippen molar-refractivity contribution in [2.75, 3.05) is 0 Å². The first kappa shape index (κ1) is 15.2. The zero-order valence-corrected chi connectivity index (χ0v) is 14.3. The third-order valence-electron chi connectivity index (χ3n) is 3.76. The lowest BCUT2D eigenvalue weighted by Crippen LogP contribution is -2.14. The maximum absolute atomic E-state index is 12.6. The van der Waals surface area contributed by atoms with Crippen LogP contribution in [0.4, 0.5) is 0 Å². The van der Waals surface area contributed by atoms with Crippen LogP contribution in [0.5, 0.6) is 0 Å². The molecule has 0 aliphatic carbocycles. The van der Waals surface area contributed by atoms with Gasteiger partial charge in [0, 0.05) is 10.6 Å². The van der Waals surface area contributed by atoms with Gasteiger partial charge in [-0.3, -0.25) is 9.20 Å². The van der Waals surface area contributed by atoms with Crippen LogP contribution in [-0.2, 0) is 0 Å². The van der Waals surface area contributed by atoms with E-state index in [1.807, 2.05) is 35.6 Å². The number of halogens is 1. The SMILES string of the molecule is CC(Sc1n[nH]c2nc3ccccc3n12)C(=O)c1cccc(Cl)c1. The first-order chi connectivity index (χ1) is 11.6. The molecule has 0 amide bonds. The molecule has 2 aromatic heterocycles. The number of ketones is 1. The molecule has 1 unspecified atom stereocenters. The van der Waals surface area contributed by atoms with Crippen molar-refractivity contribution in [2.24, 2.45) is 0 Å². The van der Waals surface area contributed by atoms with E-state index in [-0.39, 0.29) is 11.0 Å². The van der Waals surface area contributed by atoms with E-state index in [0.717, 1.165) is 11.0 Å². The molecule has 0 aliphatic rings. The Morgan fingerprint density at radius 1 is 1.25 bits per heavy atom. The van der Waals surface area contributed by atoms with Crippen LogP contribution in [0.3, 0.4) is 0 Å². The fraction of sp³-hybridized carbons (Fsp3) is 0.118. The highest BCUT2D eigenvalue weighted by Crippen LogP contribution is 2.28. The highest BCUT2D eigenvalue weighted by atomic mass is 35.5. The van der Waals surface area contributed by atoms with Gasteiger partial charge in [0.25, 0.3) is 0 Å². The molecule has 0 aliphatic heterocycles. The first-order valence-electron chi connectivity index (χ1n) is 7.41. The van der Waals surface area contributed by atoms with E-state index < -0.39 is 0 Å². The van der Waals surface area contributed by atoms with Crippen LogP contribution in [0.25, 0.3) is 16.8 Å². The number of nitrogens with zero attached hydrogens (tertiary/aromatic N) is 3. The van der Waals surface area contributed by atoms with Gasteiger partial charge in [-0.15, -0.1) is 5.10 Å². The third-order valence-corrected chi connectivity index (χ3v) is 5.05. The molecule has 0 spiro atoms. The number of aromatic amines is 1. The van der Waals surface area contributed by atoms with Crippen LogP contribution < -0.4 is 0 Å². The molecule has 2 heterocycles. The van der Waals surface area contributed by atoms with Gasteiger partial charge in [-0.05, 0) is 31.2 Å². The minimum Gasteiger partial charge on any atom is -0.293 e. The fourth-order valence-electron chi connectivity index (χ4n) is 2.61. The second-order valence-electron chi connectivity index (χ2n) is 5.40. The molecular weight excluding hydrogens is 344 g/mol. The summed E-state index contributed by atoms with van der Waals surface area (Å²) in [5, 5.41) is 8.19. The number of imidazole rings is 1. The van der Waals surface area contributed by atoms with Gasteiger partial charge < -0.3 is 0 Å². The summed E-state index contributed by atoms with van der Waals surface area (Å²) in [6.07, 6.45) is 0. The summed E-state index contributed by atoms with van der Waals surface area (Å²) in [5.41, 5.74) is 2.46. The molecule has 1 N–H and O–H groups in total. The predicted octanol–water partition coefficient (Wildman–Crippen LogP) is 4.23. The summed E-state index contributed by atoms with van der Waals surface area (Å²) < 4.78 is 1.93. The highest BCUT2D eigenvalue weighted by Gasteiger charge is 2.21. The Morgan fingerprint density at radius 3 is 2.92 bits per heavy atom. The first-order valence-corrected chi connectivity index (χ1v) is 8.67. The summed E-state index contributed by atoms with van der Waals surface area (Å²) in [5.74, 6) is 0.684. The largest absolute Gasteiger partial charge is 0.293 e. The second kappa shape index (κ2) is 5.96. The Kier molecular flexibility index (Phi) is 3.78. The summed E-state index contributed by atoms with van der Waals surface area (Å²) in [6.45, 7) is 1.87. The topological polar surface area (TPSA) is 63.1 Å². The molecule has 1 atom stereocenters. The number of H-pyrrole nitrogens is 1. The third kappa shape index (κ3) is 2.57. The van der Waals surface area contributed by atoms with Gasteiger partial charge >= 0.3 is 0 Å². The van der Waals surface area contributed by atoms with Crippen molar-refractivity contribution in [2.45, 2.75) is 17.3 Å². The molecule has 120 valence electrons. The smallest absolute Gasteiger partial charge is 0.231 e. The number of hydrogen-bond acceptors (Lipinski definition) is 4. The molecule has 0 fully saturated rings. The Balaban J connectivity index is 1.67. The minimum atomic E-state index is -0.295. The van der Waals surface area contributed by atoms with Crippen LogP contribution in [0.15, 0.2) is 53.7 Å². The minimum absolute atomic E-state index is 0.0167. The number of para-hydroxylation sites is 2. The number of carbonyl (C=O) groups is 1. The van der Waals surface area contributed by atoms with Crippen LogP contribution in [0, 0.1) is 0 Å². The second-order valence-corrected chi connectivity index (χ2v) is 7.14. The molecule has 7 heteroatoms. The van der Waals surface area contributed by atoms with Crippen molar-refractivity contribution in [3.8, 4) is 0 Å². The Bertz CT molecular complexity index is 1060. The maximum Gasteiger partial charge on any atom is 0.231 e. The standard InChI is InChI=1S/C17H13ClN4OS/c1-10(15(23)11-5-4-6-12(18)9-11)24-17-21-20-16-19-13-7-2-3-8-14(13)22(16)17/h2-10H,1H3,(H,19,20). The number of Topliss-reactive ketones (excluding diaryl/α,β-unsaturated/α-hetero) is 1. The molecule has 0 bridgehead atoms. The molecule has 24 heavy (non-hydrogen) atoms. The molecule has 0 saturated heterocycles. The normalized spacial score (nSPS) is 12.8. The highest BCUT2D eigenvalue weighted by molar-refractivity contribution is 8.00. The average molecular weight is 357 g/mol. The van der Waals surface area contributed by atoms with Crippen molar-refractivity contribution in [3.63, 3.8) is 0 Å². The zero-order valence-electron chi connectivity index (χ0n) is 12.7. The number of fused-ring (bicyclic) bond motifs is 3. The number of nitrogens with one attached hydrogen (secondary N) is 1. The molecule has 0 radical (unpaired) electrons. The summed E-state index contributed by atoms with van der Waals surface area (Å²) in [6, 6.07) is 14.8. The molecule has 2 aromatic carbocycles. The van der Waals surface area contributed by atoms with Gasteiger partial charge in [0.2, 0.25) is 5.78 Å². The fourth-order valence-corrected chi connectivity index (χ4v) is 3.75. The van der Waals surface area contributed by atoms with Crippen molar-refractivity contribution >= 4 is 46.0 Å². The van der Waals surface area contributed by atoms with Crippen molar-refractivity contribution in [1.29, 1.82) is 0 Å². The zero-order chi connectivity index (χ0) is 16.7. The van der Waals surface area contributed by atoms with Gasteiger partial charge in [0.05, 0.1) is 16.3 Å². The van der Waals surface area contributed by atoms with E-state index in [1.54, 1.807) is 24.3 Å². The average Bonchev–Trinajstić information content (AvgIpc) is 3.14. The number of carbonyl (C=O) groups excluding carboxylic acids is 1. The predicted molar refractivity (Wildman–Crippen MR) is 95.9 cm³/mol. The maximum atomic E-state index is 12.6. The number of aromatic nitrogens is 4. The van der Waals surface area contributed by atoms with Crippen LogP contribution in [0.2, 0.25) is 5.02 Å². The van der Waals surface area contributed by atoms with Gasteiger partial charge in [-0.1, -0.05) is 47.6 Å². The van der Waals surface area contributed by atoms with E-state index in [0.29, 0.717) is 21.5 Å². The number of hydrogen-bond donors (Lipinski definition) is 1. The molecule has 5 nitrogen and oxygen atoms in total. The van der Waals surface area contributed by atoms with Crippen molar-refractivity contribution < 1.29 is 4.79 Å². The van der Waals surface area contributed by atoms with E-state index >= 15 is 0 Å². The number of benzene rings is 2. The lowest BCUT2D eigenvalue weighted by atomic mass is 10.1. The number of thioether (sulfide) groups is 1. The van der Waals surface area contributed by atoms with Crippen molar-refractivity contribution in [3.05, 3.63) is 59.1 Å². The lowest BCUT2D eigenvalue weighted by Gasteiger charge is -2.09. The quantitative estimate of drug-likeness (QED) is 0.439. The molecule has 4 aromatic rings. The van der Waals surface area contributed by atoms with Crippen LogP contribution >= 0.6 is 23.4 Å². The van der Waals surface area contributed by atoms with E-state index in [9.17, 15) is 4.79 Å². The van der Waals surface area contributed by atoms with Crippen LogP contribution in [0.1, 0.15) is 17.3 Å². The Labute approximate surface area is 147 Å². The summed E-state index contributed by atoms with van der Waals surface area (Å²) >= 11 is 7.37. The lowest BCUT2D eigenvalue weighted by molar-refractivity contribution is 0.0994. The van der Waals surface area contributed by atoms with Gasteiger partial charge in [-0.2, -0.15) is 0 Å². The van der Waals surface area contributed by atoms with E-state index in [4.69, 9.17) is 11.6 Å². The van der Waals surface area contributed by atoms with Gasteiger partial charge in [0.15, 0.2) is 10.9 Å². The van der Waals surface area contributed by atoms with Crippen LogP contribution in [-0.4, -0.2) is 30.6 Å². The van der Waals surface area contributed by atoms with Gasteiger partial charge in [-0.25, -0.2) is 10.1 Å². The summed E-state index contributed by atoms with van der Waals surface area (Å²) in [7, 11) is 0. The van der Waals surface area contributed by atoms with Gasteiger partial charge in [0.1, 0.15) is 0 Å². The van der Waals surface area contributed by atoms with Crippen molar-refractivity contribution in [1.82, 2.24) is 19.6 Å². The summed E-state index contributed by atoms with van der Waals surface area (Å²) in [4.78, 5) is 17.1. The van der Waals surface area contributed by atoms with E-state index in [1.165, 1.54) is 11.8 Å². The number of rotatable bonds is 4. The Morgan fingerprint density at radius 2 is 2.08 bits per heavy atom.